The van der Waals surface area contributed by atoms with Crippen LogP contribution in [0.5, 0.6) is 17.2 Å². The highest BCUT2D eigenvalue weighted by Gasteiger charge is 2.16. The van der Waals surface area contributed by atoms with E-state index in [-0.39, 0.29) is 5.91 Å². The fourth-order valence-electron chi connectivity index (χ4n) is 4.43. The molecule has 0 saturated heterocycles. The number of nitrogens with zero attached hydrogens (tertiary/aromatic N) is 5. The van der Waals surface area contributed by atoms with Crippen LogP contribution in [0.25, 0.3) is 16.4 Å². The number of hydrogen-bond donors (Lipinski definition) is 2. The van der Waals surface area contributed by atoms with Crippen LogP contribution >= 0.6 is 0 Å². The number of nitriles is 1. The van der Waals surface area contributed by atoms with Gasteiger partial charge in [0.2, 0.25) is 5.91 Å². The van der Waals surface area contributed by atoms with Crippen molar-refractivity contribution < 1.29 is 14.3 Å². The minimum atomic E-state index is -0.283. The number of nitrogens with one attached hydrogen (secondary N) is 2. The summed E-state index contributed by atoms with van der Waals surface area (Å²) in [6.07, 6.45) is 8.39. The molecule has 42 heavy (non-hydrogen) atoms. The number of hydrogen-bond acceptors (Lipinski definition) is 8. The first kappa shape index (κ1) is 28.1. The lowest BCUT2D eigenvalue weighted by molar-refractivity contribution is -0.111. The molecule has 0 bridgehead atoms. The second kappa shape index (κ2) is 12.4. The molecule has 0 radical (unpaired) electrons. The topological polar surface area (TPSA) is 117 Å². The fraction of sp³-hybridized carbons (Fsp3) is 0.188. The summed E-state index contributed by atoms with van der Waals surface area (Å²) >= 11 is 0. The normalized spacial score (nSPS) is 11.2. The van der Waals surface area contributed by atoms with Gasteiger partial charge < -0.3 is 25.0 Å². The van der Waals surface area contributed by atoms with E-state index in [1.54, 1.807) is 28.9 Å². The summed E-state index contributed by atoms with van der Waals surface area (Å²) in [6, 6.07) is 17.2. The molecule has 5 aromatic rings. The summed E-state index contributed by atoms with van der Waals surface area (Å²) in [7, 11) is 3.86. The Balaban J connectivity index is 1.46. The molecule has 0 aliphatic heterocycles. The maximum absolute atomic E-state index is 12.7. The lowest BCUT2D eigenvalue weighted by Gasteiger charge is -2.17. The zero-order valence-electron chi connectivity index (χ0n) is 23.9. The van der Waals surface area contributed by atoms with Crippen molar-refractivity contribution in [3.8, 4) is 23.3 Å². The van der Waals surface area contributed by atoms with Crippen molar-refractivity contribution >= 4 is 39.4 Å². The van der Waals surface area contributed by atoms with E-state index in [0.29, 0.717) is 58.2 Å². The van der Waals surface area contributed by atoms with Gasteiger partial charge in [0.25, 0.3) is 0 Å². The molecular formula is C32H31N7O3. The molecule has 212 valence electrons. The lowest BCUT2D eigenvalue weighted by Crippen LogP contribution is -2.13. The van der Waals surface area contributed by atoms with Gasteiger partial charge in [0, 0.05) is 54.4 Å². The smallest absolute Gasteiger partial charge is 0.248 e. The molecule has 0 spiro atoms. The summed E-state index contributed by atoms with van der Waals surface area (Å²) in [5.74, 6) is 1.62. The number of benzene rings is 2. The Labute approximate surface area is 243 Å². The van der Waals surface area contributed by atoms with E-state index < -0.39 is 0 Å². The molecule has 1 amide bonds. The maximum Gasteiger partial charge on any atom is 0.248 e. The molecule has 0 aliphatic carbocycles. The Morgan fingerprint density at radius 2 is 2.00 bits per heavy atom. The standard InChI is InChI=1S/C32H31N7O3/c1-5-41-30-18-27-26(17-28(30)37-31(40)7-6-13-38(3)4)32(22(19-33)20-34-27)36-23-8-9-29(21(2)15-23)42-25-11-14-39-24(16-25)10-12-35-39/h6-12,14-18,20H,5,13H2,1-4H3,(H,34,36)(H,37,40)/b7-6+. The zero-order chi connectivity index (χ0) is 29.6. The molecule has 3 aromatic heterocycles. The summed E-state index contributed by atoms with van der Waals surface area (Å²) in [6.45, 7) is 4.88. The first-order valence-corrected chi connectivity index (χ1v) is 13.5. The van der Waals surface area contributed by atoms with E-state index in [1.165, 1.54) is 12.3 Å². The van der Waals surface area contributed by atoms with Gasteiger partial charge in [-0.15, -0.1) is 0 Å². The third-order valence-electron chi connectivity index (χ3n) is 6.43. The quantitative estimate of drug-likeness (QED) is 0.198. The van der Waals surface area contributed by atoms with Gasteiger partial charge in [0.05, 0.1) is 34.6 Å². The minimum absolute atomic E-state index is 0.283. The Kier molecular flexibility index (Phi) is 8.32. The minimum Gasteiger partial charge on any atom is -0.492 e. The van der Waals surface area contributed by atoms with Crippen molar-refractivity contribution in [3.05, 3.63) is 90.4 Å². The fourth-order valence-corrected chi connectivity index (χ4v) is 4.43. The summed E-state index contributed by atoms with van der Waals surface area (Å²) in [5.41, 5.74) is 4.64. The van der Waals surface area contributed by atoms with Crippen LogP contribution in [0.4, 0.5) is 17.1 Å². The molecule has 10 heteroatoms. The highest BCUT2D eigenvalue weighted by Crippen LogP contribution is 2.37. The van der Waals surface area contributed by atoms with Gasteiger partial charge in [0.1, 0.15) is 23.3 Å². The number of carbonyl (C=O) groups excluding carboxylic acids is 1. The predicted octanol–water partition coefficient (Wildman–Crippen LogP) is 6.05. The van der Waals surface area contributed by atoms with Crippen molar-refractivity contribution in [2.45, 2.75) is 13.8 Å². The van der Waals surface area contributed by atoms with Crippen molar-refractivity contribution in [2.75, 3.05) is 37.9 Å². The van der Waals surface area contributed by atoms with Crippen LogP contribution in [0.1, 0.15) is 18.1 Å². The van der Waals surface area contributed by atoms with Crippen LogP contribution in [0.2, 0.25) is 0 Å². The third-order valence-corrected chi connectivity index (χ3v) is 6.43. The van der Waals surface area contributed by atoms with E-state index in [0.717, 1.165) is 16.8 Å². The average Bonchev–Trinajstić information content (AvgIpc) is 3.43. The lowest BCUT2D eigenvalue weighted by atomic mass is 10.1. The van der Waals surface area contributed by atoms with Gasteiger partial charge in [-0.3, -0.25) is 9.78 Å². The molecule has 10 nitrogen and oxygen atoms in total. The molecule has 0 aliphatic rings. The molecule has 3 heterocycles. The third kappa shape index (κ3) is 6.32. The van der Waals surface area contributed by atoms with Gasteiger partial charge in [-0.25, -0.2) is 4.52 Å². The number of ether oxygens (including phenoxy) is 2. The van der Waals surface area contributed by atoms with E-state index in [1.807, 2.05) is 75.4 Å². The van der Waals surface area contributed by atoms with E-state index in [2.05, 4.69) is 26.8 Å². The second-order valence-electron chi connectivity index (χ2n) is 9.88. The highest BCUT2D eigenvalue weighted by molar-refractivity contribution is 6.04. The Morgan fingerprint density at radius 1 is 1.14 bits per heavy atom. The van der Waals surface area contributed by atoms with Gasteiger partial charge >= 0.3 is 0 Å². The first-order chi connectivity index (χ1) is 20.3. The zero-order valence-corrected chi connectivity index (χ0v) is 23.9. The van der Waals surface area contributed by atoms with E-state index in [4.69, 9.17) is 9.47 Å². The van der Waals surface area contributed by atoms with Crippen LogP contribution in [0.3, 0.4) is 0 Å². The van der Waals surface area contributed by atoms with Crippen LogP contribution in [0, 0.1) is 18.3 Å². The average molecular weight is 562 g/mol. The maximum atomic E-state index is 12.7. The molecular weight excluding hydrogens is 530 g/mol. The van der Waals surface area contributed by atoms with Crippen molar-refractivity contribution in [2.24, 2.45) is 0 Å². The highest BCUT2D eigenvalue weighted by atomic mass is 16.5. The SMILES string of the molecule is CCOc1cc2ncc(C#N)c(Nc3ccc(Oc4ccn5nccc5c4)c(C)c3)c2cc1NC(=O)/C=C/CN(C)C. The summed E-state index contributed by atoms with van der Waals surface area (Å²) in [5, 5.41) is 21.1. The van der Waals surface area contributed by atoms with E-state index in [9.17, 15) is 10.1 Å². The summed E-state index contributed by atoms with van der Waals surface area (Å²) < 4.78 is 13.7. The van der Waals surface area contributed by atoms with Crippen LogP contribution < -0.4 is 20.1 Å². The van der Waals surface area contributed by atoms with Gasteiger partial charge in [0.15, 0.2) is 0 Å². The van der Waals surface area contributed by atoms with Gasteiger partial charge in [-0.1, -0.05) is 6.08 Å². The predicted molar refractivity (Wildman–Crippen MR) is 164 cm³/mol. The molecule has 0 fully saturated rings. The molecule has 2 aromatic carbocycles. The van der Waals surface area contributed by atoms with Crippen molar-refractivity contribution in [1.82, 2.24) is 19.5 Å². The Hall–Kier alpha value is -5.40. The monoisotopic (exact) mass is 561 g/mol. The number of pyridine rings is 2. The molecule has 0 atom stereocenters. The molecule has 5 rings (SSSR count). The Morgan fingerprint density at radius 3 is 2.76 bits per heavy atom. The van der Waals surface area contributed by atoms with E-state index >= 15 is 0 Å². The van der Waals surface area contributed by atoms with Gasteiger partial charge in [-0.2, -0.15) is 10.4 Å². The largest absolute Gasteiger partial charge is 0.492 e. The summed E-state index contributed by atoms with van der Waals surface area (Å²) in [4.78, 5) is 19.1. The number of rotatable bonds is 10. The van der Waals surface area contributed by atoms with Crippen LogP contribution in [-0.4, -0.2) is 52.7 Å². The number of likely N-dealkylation sites (N-methyl/N-ethyl adjacent to an activating group) is 1. The van der Waals surface area contributed by atoms with Crippen LogP contribution in [-0.2, 0) is 4.79 Å². The Bertz CT molecular complexity index is 1840. The number of amides is 1. The molecule has 0 unspecified atom stereocenters. The number of aromatic nitrogens is 3. The molecule has 2 N–H and O–H groups in total. The van der Waals surface area contributed by atoms with Crippen LogP contribution in [0.15, 0.2) is 79.3 Å². The number of aryl methyl sites for hydroxylation is 1. The van der Waals surface area contributed by atoms with Gasteiger partial charge in [-0.05, 0) is 69.9 Å². The molecule has 0 saturated carbocycles. The number of anilines is 3. The number of fused-ring (bicyclic) bond motifs is 2. The second-order valence-corrected chi connectivity index (χ2v) is 9.88. The first-order valence-electron chi connectivity index (χ1n) is 13.5. The number of carbonyl (C=O) groups is 1. The van der Waals surface area contributed by atoms with Crippen molar-refractivity contribution in [1.29, 1.82) is 5.26 Å². The van der Waals surface area contributed by atoms with Crippen molar-refractivity contribution in [3.63, 3.8) is 0 Å².